The van der Waals surface area contributed by atoms with Crippen LogP contribution in [0.2, 0.25) is 0 Å². The first-order valence-electron chi connectivity index (χ1n) is 4.21. The monoisotopic (exact) mass is 157 g/mol. The van der Waals surface area contributed by atoms with Crippen LogP contribution in [-0.2, 0) is 4.79 Å². The fraction of sp³-hybridized carbons (Fsp3) is 0.875. The Hall–Kier alpha value is -0.570. The van der Waals surface area contributed by atoms with E-state index in [4.69, 9.17) is 5.11 Å². The number of aliphatic carboxylic acids is 1. The lowest BCUT2D eigenvalue weighted by molar-refractivity contribution is -0.137. The molecule has 1 saturated heterocycles. The van der Waals surface area contributed by atoms with Crippen LogP contribution in [0.4, 0.5) is 0 Å². The van der Waals surface area contributed by atoms with E-state index in [9.17, 15) is 4.79 Å². The molecule has 0 amide bonds. The zero-order valence-corrected chi connectivity index (χ0v) is 6.68. The third-order valence-corrected chi connectivity index (χ3v) is 2.17. The standard InChI is InChI=1S/C8H15NO2/c10-8(11)4-3-7-2-1-5-9-6-7/h7,9H,1-6H2,(H,10,11)/t7-/m1/s1. The second kappa shape index (κ2) is 4.34. The Balaban J connectivity index is 2.09. The van der Waals surface area contributed by atoms with Crippen LogP contribution in [0.25, 0.3) is 0 Å². The van der Waals surface area contributed by atoms with Crippen molar-refractivity contribution in [1.82, 2.24) is 5.32 Å². The number of hydrogen-bond donors (Lipinski definition) is 2. The predicted octanol–water partition coefficient (Wildman–Crippen LogP) is 0.851. The van der Waals surface area contributed by atoms with Crippen molar-refractivity contribution in [2.75, 3.05) is 13.1 Å². The first-order valence-corrected chi connectivity index (χ1v) is 4.21. The quantitative estimate of drug-likeness (QED) is 0.638. The van der Waals surface area contributed by atoms with E-state index in [0.29, 0.717) is 12.3 Å². The zero-order chi connectivity index (χ0) is 8.10. The van der Waals surface area contributed by atoms with Crippen molar-refractivity contribution in [2.45, 2.75) is 25.7 Å². The molecule has 0 bridgehead atoms. The molecular weight excluding hydrogens is 142 g/mol. The lowest BCUT2D eigenvalue weighted by atomic mass is 9.95. The minimum Gasteiger partial charge on any atom is -0.481 e. The second-order valence-electron chi connectivity index (χ2n) is 3.14. The van der Waals surface area contributed by atoms with Crippen molar-refractivity contribution < 1.29 is 9.90 Å². The molecule has 0 unspecified atom stereocenters. The molecule has 0 aliphatic carbocycles. The van der Waals surface area contributed by atoms with Gasteiger partial charge < -0.3 is 10.4 Å². The highest BCUT2D eigenvalue weighted by molar-refractivity contribution is 5.66. The molecule has 1 atom stereocenters. The highest BCUT2D eigenvalue weighted by Gasteiger charge is 2.13. The summed E-state index contributed by atoms with van der Waals surface area (Å²) in [5.74, 6) is -0.0737. The minimum atomic E-state index is -0.671. The van der Waals surface area contributed by atoms with Crippen molar-refractivity contribution in [3.8, 4) is 0 Å². The molecule has 0 spiro atoms. The van der Waals surface area contributed by atoms with Crippen LogP contribution in [0.1, 0.15) is 25.7 Å². The first-order chi connectivity index (χ1) is 5.29. The molecule has 0 aromatic heterocycles. The maximum absolute atomic E-state index is 10.2. The summed E-state index contributed by atoms with van der Waals surface area (Å²) in [5.41, 5.74) is 0. The van der Waals surface area contributed by atoms with E-state index < -0.39 is 5.97 Å². The number of nitrogens with one attached hydrogen (secondary N) is 1. The molecule has 1 aliphatic heterocycles. The van der Waals surface area contributed by atoms with E-state index in [-0.39, 0.29) is 0 Å². The fourth-order valence-corrected chi connectivity index (χ4v) is 1.50. The molecule has 1 heterocycles. The minimum absolute atomic E-state index is 0.326. The molecule has 64 valence electrons. The molecule has 1 rings (SSSR count). The Morgan fingerprint density at radius 2 is 2.45 bits per heavy atom. The number of rotatable bonds is 3. The van der Waals surface area contributed by atoms with E-state index in [1.54, 1.807) is 0 Å². The van der Waals surface area contributed by atoms with Gasteiger partial charge >= 0.3 is 5.97 Å². The van der Waals surface area contributed by atoms with Gasteiger partial charge in [0.25, 0.3) is 0 Å². The van der Waals surface area contributed by atoms with Gasteiger partial charge in [0.15, 0.2) is 0 Å². The molecule has 0 radical (unpaired) electrons. The summed E-state index contributed by atoms with van der Waals surface area (Å²) in [6, 6.07) is 0. The average Bonchev–Trinajstić information content (AvgIpc) is 2.03. The summed E-state index contributed by atoms with van der Waals surface area (Å²) < 4.78 is 0. The van der Waals surface area contributed by atoms with Gasteiger partial charge in [0, 0.05) is 6.42 Å². The maximum Gasteiger partial charge on any atom is 0.303 e. The smallest absolute Gasteiger partial charge is 0.303 e. The van der Waals surface area contributed by atoms with Gasteiger partial charge in [-0.25, -0.2) is 0 Å². The Morgan fingerprint density at radius 1 is 1.64 bits per heavy atom. The van der Waals surface area contributed by atoms with E-state index in [1.807, 2.05) is 0 Å². The Bertz CT molecular complexity index is 130. The normalized spacial score (nSPS) is 24.9. The van der Waals surface area contributed by atoms with Gasteiger partial charge in [-0.15, -0.1) is 0 Å². The highest BCUT2D eigenvalue weighted by atomic mass is 16.4. The fourth-order valence-electron chi connectivity index (χ4n) is 1.50. The Labute approximate surface area is 66.8 Å². The van der Waals surface area contributed by atoms with Gasteiger partial charge in [0.2, 0.25) is 0 Å². The van der Waals surface area contributed by atoms with Crippen LogP contribution in [0.5, 0.6) is 0 Å². The predicted molar refractivity (Wildman–Crippen MR) is 42.5 cm³/mol. The third kappa shape index (κ3) is 3.37. The lowest BCUT2D eigenvalue weighted by Crippen LogP contribution is -2.29. The van der Waals surface area contributed by atoms with Crippen LogP contribution < -0.4 is 5.32 Å². The van der Waals surface area contributed by atoms with Crippen molar-refractivity contribution in [3.63, 3.8) is 0 Å². The third-order valence-electron chi connectivity index (χ3n) is 2.17. The molecule has 0 aromatic carbocycles. The number of carboxylic acids is 1. The SMILES string of the molecule is O=C(O)CC[C@H]1CCCNC1. The molecule has 0 saturated carbocycles. The van der Waals surface area contributed by atoms with Gasteiger partial charge in [-0.1, -0.05) is 0 Å². The lowest BCUT2D eigenvalue weighted by Gasteiger charge is -2.21. The van der Waals surface area contributed by atoms with Crippen LogP contribution >= 0.6 is 0 Å². The van der Waals surface area contributed by atoms with Crippen LogP contribution in [0.15, 0.2) is 0 Å². The second-order valence-corrected chi connectivity index (χ2v) is 3.14. The topological polar surface area (TPSA) is 49.3 Å². The Morgan fingerprint density at radius 3 is 3.00 bits per heavy atom. The van der Waals surface area contributed by atoms with Crippen LogP contribution in [0.3, 0.4) is 0 Å². The van der Waals surface area contributed by atoms with Crippen LogP contribution in [0, 0.1) is 5.92 Å². The van der Waals surface area contributed by atoms with E-state index >= 15 is 0 Å². The van der Waals surface area contributed by atoms with Crippen molar-refractivity contribution in [1.29, 1.82) is 0 Å². The van der Waals surface area contributed by atoms with E-state index in [2.05, 4.69) is 5.32 Å². The van der Waals surface area contributed by atoms with Crippen LogP contribution in [-0.4, -0.2) is 24.2 Å². The number of carbonyl (C=O) groups is 1. The summed E-state index contributed by atoms with van der Waals surface area (Å²) in [6.45, 7) is 2.11. The zero-order valence-electron chi connectivity index (χ0n) is 6.68. The number of carboxylic acid groups (broad SMARTS) is 1. The molecule has 2 N–H and O–H groups in total. The highest BCUT2D eigenvalue weighted by Crippen LogP contribution is 2.15. The van der Waals surface area contributed by atoms with Gasteiger partial charge in [-0.2, -0.15) is 0 Å². The largest absolute Gasteiger partial charge is 0.481 e. The molecule has 0 aromatic rings. The van der Waals surface area contributed by atoms with Gasteiger partial charge in [0.05, 0.1) is 0 Å². The summed E-state index contributed by atoms with van der Waals surface area (Å²) in [6.07, 6.45) is 3.55. The van der Waals surface area contributed by atoms with Gasteiger partial charge in [0.1, 0.15) is 0 Å². The molecule has 1 aliphatic rings. The summed E-state index contributed by atoms with van der Waals surface area (Å²) in [7, 11) is 0. The average molecular weight is 157 g/mol. The van der Waals surface area contributed by atoms with E-state index in [0.717, 1.165) is 19.5 Å². The van der Waals surface area contributed by atoms with Crippen molar-refractivity contribution in [3.05, 3.63) is 0 Å². The molecular formula is C8H15NO2. The molecule has 11 heavy (non-hydrogen) atoms. The first kappa shape index (κ1) is 8.53. The van der Waals surface area contributed by atoms with Crippen molar-refractivity contribution >= 4 is 5.97 Å². The molecule has 3 nitrogen and oxygen atoms in total. The molecule has 1 fully saturated rings. The molecule has 3 heteroatoms. The van der Waals surface area contributed by atoms with Gasteiger partial charge in [-0.05, 0) is 38.3 Å². The van der Waals surface area contributed by atoms with E-state index in [1.165, 1.54) is 12.8 Å². The van der Waals surface area contributed by atoms with Crippen molar-refractivity contribution in [2.24, 2.45) is 5.92 Å². The summed E-state index contributed by atoms with van der Waals surface area (Å²) >= 11 is 0. The number of hydrogen-bond acceptors (Lipinski definition) is 2. The maximum atomic E-state index is 10.2. The summed E-state index contributed by atoms with van der Waals surface area (Å²) in [5, 5.41) is 11.7. The summed E-state index contributed by atoms with van der Waals surface area (Å²) in [4.78, 5) is 10.2. The van der Waals surface area contributed by atoms with Gasteiger partial charge in [-0.3, -0.25) is 4.79 Å². The Kier molecular flexibility index (Phi) is 3.36. The number of piperidine rings is 1.